The topological polar surface area (TPSA) is 29.3 Å². The van der Waals surface area contributed by atoms with Gasteiger partial charge < -0.3 is 10.6 Å². The number of nitrogens with zero attached hydrogens (tertiary/aromatic N) is 1. The molecule has 1 atom stereocenters. The summed E-state index contributed by atoms with van der Waals surface area (Å²) in [6.07, 6.45) is 7.21. The van der Waals surface area contributed by atoms with Gasteiger partial charge in [-0.15, -0.1) is 0 Å². The average Bonchev–Trinajstić information content (AvgIpc) is 2.67. The van der Waals surface area contributed by atoms with Gasteiger partial charge in [0.25, 0.3) is 0 Å². The van der Waals surface area contributed by atoms with E-state index in [4.69, 9.17) is 5.73 Å². The van der Waals surface area contributed by atoms with E-state index in [0.717, 1.165) is 12.5 Å². The molecule has 1 aliphatic rings. The van der Waals surface area contributed by atoms with Gasteiger partial charge in [-0.25, -0.2) is 0 Å². The molecule has 0 aromatic rings. The summed E-state index contributed by atoms with van der Waals surface area (Å²) >= 11 is 0. The van der Waals surface area contributed by atoms with Crippen molar-refractivity contribution in [2.75, 3.05) is 20.1 Å². The lowest BCUT2D eigenvalue weighted by atomic mass is 10.0. The summed E-state index contributed by atoms with van der Waals surface area (Å²) in [7, 11) is 2.23. The van der Waals surface area contributed by atoms with Gasteiger partial charge in [0.2, 0.25) is 0 Å². The Morgan fingerprint density at radius 2 is 1.87 bits per heavy atom. The lowest BCUT2D eigenvalue weighted by molar-refractivity contribution is 0.185. The zero-order valence-electron chi connectivity index (χ0n) is 10.7. The minimum atomic E-state index is 0.561. The maximum absolute atomic E-state index is 5.82. The van der Waals surface area contributed by atoms with Crippen LogP contribution in [0.4, 0.5) is 0 Å². The van der Waals surface area contributed by atoms with E-state index in [9.17, 15) is 0 Å². The predicted molar refractivity (Wildman–Crippen MR) is 66.9 cm³/mol. The van der Waals surface area contributed by atoms with Crippen molar-refractivity contribution in [3.63, 3.8) is 0 Å². The highest BCUT2D eigenvalue weighted by Gasteiger charge is 2.19. The highest BCUT2D eigenvalue weighted by atomic mass is 15.1. The van der Waals surface area contributed by atoms with Crippen LogP contribution in [0.15, 0.2) is 0 Å². The molecule has 0 heterocycles. The van der Waals surface area contributed by atoms with Gasteiger partial charge >= 0.3 is 0 Å². The predicted octanol–water partition coefficient (Wildman–Crippen LogP) is 2.48. The van der Waals surface area contributed by atoms with Crippen LogP contribution >= 0.6 is 0 Å². The Bertz CT molecular complexity index is 162. The van der Waals surface area contributed by atoms with Gasteiger partial charge in [0, 0.05) is 12.6 Å². The summed E-state index contributed by atoms with van der Waals surface area (Å²) in [5, 5.41) is 0. The van der Waals surface area contributed by atoms with Crippen molar-refractivity contribution in [3.05, 3.63) is 0 Å². The standard InChI is InChI=1S/C13H28N2/c1-11(2)13(10-14)15(3)9-8-12-6-4-5-7-12/h11-13H,4-10,14H2,1-3H3. The summed E-state index contributed by atoms with van der Waals surface area (Å²) in [6, 6.07) is 0.561. The normalized spacial score (nSPS) is 20.4. The van der Waals surface area contributed by atoms with Gasteiger partial charge in [-0.2, -0.15) is 0 Å². The van der Waals surface area contributed by atoms with Crippen molar-refractivity contribution in [2.24, 2.45) is 17.6 Å². The number of hydrogen-bond acceptors (Lipinski definition) is 2. The lowest BCUT2D eigenvalue weighted by Gasteiger charge is -2.30. The molecule has 2 N–H and O–H groups in total. The van der Waals surface area contributed by atoms with Crippen LogP contribution in [0, 0.1) is 11.8 Å². The third-order valence-corrected chi connectivity index (χ3v) is 3.94. The molecule has 0 amide bonds. The van der Waals surface area contributed by atoms with Gasteiger partial charge in [-0.05, 0) is 31.8 Å². The first-order valence-electron chi connectivity index (χ1n) is 6.55. The summed E-state index contributed by atoms with van der Waals surface area (Å²) in [5.41, 5.74) is 5.82. The first-order chi connectivity index (χ1) is 7.15. The molecular formula is C13H28N2. The second kappa shape index (κ2) is 6.49. The van der Waals surface area contributed by atoms with E-state index in [1.54, 1.807) is 0 Å². The van der Waals surface area contributed by atoms with Crippen LogP contribution in [0.1, 0.15) is 46.0 Å². The number of likely N-dealkylation sites (N-methyl/N-ethyl adjacent to an activating group) is 1. The quantitative estimate of drug-likeness (QED) is 0.733. The maximum atomic E-state index is 5.82. The summed E-state index contributed by atoms with van der Waals surface area (Å²) in [6.45, 7) is 6.55. The molecule has 0 aromatic carbocycles. The van der Waals surface area contributed by atoms with Crippen molar-refractivity contribution in [2.45, 2.75) is 52.0 Å². The third-order valence-electron chi connectivity index (χ3n) is 3.94. The van der Waals surface area contributed by atoms with Crippen LogP contribution < -0.4 is 5.73 Å². The average molecular weight is 212 g/mol. The molecular weight excluding hydrogens is 184 g/mol. The fourth-order valence-corrected chi connectivity index (χ4v) is 2.81. The summed E-state index contributed by atoms with van der Waals surface area (Å²) in [4.78, 5) is 2.46. The van der Waals surface area contributed by atoms with E-state index in [1.807, 2.05) is 0 Å². The fourth-order valence-electron chi connectivity index (χ4n) is 2.81. The number of nitrogens with two attached hydrogens (primary N) is 1. The molecule has 1 unspecified atom stereocenters. The molecule has 1 fully saturated rings. The molecule has 0 radical (unpaired) electrons. The number of rotatable bonds is 6. The molecule has 2 heteroatoms. The minimum absolute atomic E-state index is 0.561. The lowest BCUT2D eigenvalue weighted by Crippen LogP contribution is -2.42. The Morgan fingerprint density at radius 3 is 2.33 bits per heavy atom. The van der Waals surface area contributed by atoms with Gasteiger partial charge in [0.15, 0.2) is 0 Å². The van der Waals surface area contributed by atoms with Crippen LogP contribution in [-0.2, 0) is 0 Å². The number of hydrogen-bond donors (Lipinski definition) is 1. The van der Waals surface area contributed by atoms with E-state index in [0.29, 0.717) is 12.0 Å². The molecule has 0 aliphatic heterocycles. The van der Waals surface area contributed by atoms with Gasteiger partial charge in [0.05, 0.1) is 0 Å². The molecule has 15 heavy (non-hydrogen) atoms. The van der Waals surface area contributed by atoms with Gasteiger partial charge in [-0.1, -0.05) is 39.5 Å². The molecule has 0 saturated heterocycles. The molecule has 1 saturated carbocycles. The monoisotopic (exact) mass is 212 g/mol. The second-order valence-electron chi connectivity index (χ2n) is 5.47. The SMILES string of the molecule is CC(C)C(CN)N(C)CCC1CCCC1. The van der Waals surface area contributed by atoms with Gasteiger partial charge in [-0.3, -0.25) is 0 Å². The zero-order chi connectivity index (χ0) is 11.3. The molecule has 90 valence electrons. The van der Waals surface area contributed by atoms with Crippen molar-refractivity contribution < 1.29 is 0 Å². The molecule has 2 nitrogen and oxygen atoms in total. The summed E-state index contributed by atoms with van der Waals surface area (Å²) in [5.74, 6) is 1.67. The van der Waals surface area contributed by atoms with Crippen LogP contribution in [0.3, 0.4) is 0 Å². The first-order valence-corrected chi connectivity index (χ1v) is 6.55. The molecule has 0 aromatic heterocycles. The van der Waals surface area contributed by atoms with E-state index >= 15 is 0 Å². The Morgan fingerprint density at radius 1 is 1.27 bits per heavy atom. The second-order valence-corrected chi connectivity index (χ2v) is 5.47. The Labute approximate surface area is 95.2 Å². The van der Waals surface area contributed by atoms with Crippen molar-refractivity contribution >= 4 is 0 Å². The maximum Gasteiger partial charge on any atom is 0.0238 e. The Kier molecular flexibility index (Phi) is 5.62. The van der Waals surface area contributed by atoms with E-state index < -0.39 is 0 Å². The smallest absolute Gasteiger partial charge is 0.0238 e. The molecule has 0 bridgehead atoms. The minimum Gasteiger partial charge on any atom is -0.329 e. The van der Waals surface area contributed by atoms with Crippen molar-refractivity contribution in [3.8, 4) is 0 Å². The van der Waals surface area contributed by atoms with Crippen LogP contribution in [0.5, 0.6) is 0 Å². The highest BCUT2D eigenvalue weighted by molar-refractivity contribution is 4.75. The summed E-state index contributed by atoms with van der Waals surface area (Å²) < 4.78 is 0. The van der Waals surface area contributed by atoms with Crippen LogP contribution in [-0.4, -0.2) is 31.1 Å². The molecule has 1 aliphatic carbocycles. The zero-order valence-corrected chi connectivity index (χ0v) is 10.7. The largest absolute Gasteiger partial charge is 0.329 e. The molecule has 1 rings (SSSR count). The van der Waals surface area contributed by atoms with Crippen molar-refractivity contribution in [1.29, 1.82) is 0 Å². The van der Waals surface area contributed by atoms with E-state index in [2.05, 4.69) is 25.8 Å². The van der Waals surface area contributed by atoms with E-state index in [1.165, 1.54) is 38.6 Å². The van der Waals surface area contributed by atoms with Gasteiger partial charge in [0.1, 0.15) is 0 Å². The molecule has 0 spiro atoms. The van der Waals surface area contributed by atoms with E-state index in [-0.39, 0.29) is 0 Å². The Hall–Kier alpha value is -0.0800. The fraction of sp³-hybridized carbons (Fsp3) is 1.00. The Balaban J connectivity index is 2.23. The van der Waals surface area contributed by atoms with Crippen LogP contribution in [0.25, 0.3) is 0 Å². The van der Waals surface area contributed by atoms with Crippen LogP contribution in [0.2, 0.25) is 0 Å². The third kappa shape index (κ3) is 4.12. The van der Waals surface area contributed by atoms with Crippen molar-refractivity contribution in [1.82, 2.24) is 4.90 Å². The first kappa shape index (κ1) is 13.0. The highest BCUT2D eigenvalue weighted by Crippen LogP contribution is 2.27.